The molecule has 2 aromatic rings. The Morgan fingerprint density at radius 1 is 1.28 bits per heavy atom. The monoisotopic (exact) mass is 244 g/mol. The second-order valence-corrected chi connectivity index (χ2v) is 4.51. The Labute approximate surface area is 108 Å². The smallest absolute Gasteiger partial charge is 0.143 e. The number of pyridine rings is 1. The summed E-state index contributed by atoms with van der Waals surface area (Å²) in [5.41, 5.74) is 3.55. The van der Waals surface area contributed by atoms with Gasteiger partial charge in [-0.1, -0.05) is 6.92 Å². The summed E-state index contributed by atoms with van der Waals surface area (Å²) >= 11 is 0. The Morgan fingerprint density at radius 2 is 2.06 bits per heavy atom. The lowest BCUT2D eigenvalue weighted by atomic mass is 10.1. The molecular formula is C14H20N4. The summed E-state index contributed by atoms with van der Waals surface area (Å²) < 4.78 is 2.05. The van der Waals surface area contributed by atoms with Gasteiger partial charge in [-0.05, 0) is 38.9 Å². The van der Waals surface area contributed by atoms with Crippen LogP contribution < -0.4 is 5.32 Å². The van der Waals surface area contributed by atoms with Crippen molar-refractivity contribution in [2.24, 2.45) is 0 Å². The molecule has 0 saturated heterocycles. The molecule has 0 unspecified atom stereocenters. The van der Waals surface area contributed by atoms with Gasteiger partial charge >= 0.3 is 0 Å². The highest BCUT2D eigenvalue weighted by atomic mass is 15.1. The molecule has 0 aliphatic carbocycles. The maximum absolute atomic E-state index is 4.67. The van der Waals surface area contributed by atoms with Crippen LogP contribution in [0.3, 0.4) is 0 Å². The van der Waals surface area contributed by atoms with Gasteiger partial charge in [-0.2, -0.15) is 0 Å². The van der Waals surface area contributed by atoms with E-state index in [0.29, 0.717) is 0 Å². The van der Waals surface area contributed by atoms with Gasteiger partial charge in [0.15, 0.2) is 0 Å². The molecule has 0 radical (unpaired) electrons. The van der Waals surface area contributed by atoms with Gasteiger partial charge in [0, 0.05) is 30.2 Å². The van der Waals surface area contributed by atoms with Gasteiger partial charge in [0.2, 0.25) is 0 Å². The van der Waals surface area contributed by atoms with Gasteiger partial charge in [0.25, 0.3) is 0 Å². The third kappa shape index (κ3) is 2.43. The number of aryl methyl sites for hydroxylation is 3. The first kappa shape index (κ1) is 12.8. The van der Waals surface area contributed by atoms with E-state index in [1.54, 1.807) is 0 Å². The molecule has 0 fully saturated rings. The zero-order valence-corrected chi connectivity index (χ0v) is 11.5. The molecule has 1 N–H and O–H groups in total. The lowest BCUT2D eigenvalue weighted by Crippen LogP contribution is -2.16. The molecule has 18 heavy (non-hydrogen) atoms. The summed E-state index contributed by atoms with van der Waals surface area (Å²) in [6.45, 7) is 10.1. The molecular weight excluding hydrogens is 224 g/mol. The van der Waals surface area contributed by atoms with Crippen molar-refractivity contribution < 1.29 is 0 Å². The van der Waals surface area contributed by atoms with Crippen molar-refractivity contribution in [3.05, 3.63) is 41.1 Å². The minimum Gasteiger partial charge on any atom is -0.313 e. The third-order valence-corrected chi connectivity index (χ3v) is 3.06. The maximum Gasteiger partial charge on any atom is 0.143 e. The fourth-order valence-corrected chi connectivity index (χ4v) is 2.11. The van der Waals surface area contributed by atoms with Crippen molar-refractivity contribution in [2.75, 3.05) is 6.54 Å². The lowest BCUT2D eigenvalue weighted by molar-refractivity contribution is 0.711. The fourth-order valence-electron chi connectivity index (χ4n) is 2.11. The summed E-state index contributed by atoms with van der Waals surface area (Å²) in [6.07, 6.45) is 3.78. The number of hydrogen-bond acceptors (Lipinski definition) is 3. The largest absolute Gasteiger partial charge is 0.313 e. The van der Waals surface area contributed by atoms with E-state index in [9.17, 15) is 0 Å². The van der Waals surface area contributed by atoms with E-state index in [-0.39, 0.29) is 0 Å². The molecule has 96 valence electrons. The molecule has 0 atom stereocenters. The van der Waals surface area contributed by atoms with Gasteiger partial charge in [0.1, 0.15) is 11.6 Å². The molecule has 2 heterocycles. The molecule has 4 heteroatoms. The quantitative estimate of drug-likeness (QED) is 0.897. The minimum atomic E-state index is 0.836. The second-order valence-electron chi connectivity index (χ2n) is 4.51. The zero-order valence-electron chi connectivity index (χ0n) is 11.5. The van der Waals surface area contributed by atoms with E-state index in [1.165, 1.54) is 11.1 Å². The van der Waals surface area contributed by atoms with Crippen LogP contribution >= 0.6 is 0 Å². The van der Waals surface area contributed by atoms with Crippen LogP contribution in [0, 0.1) is 20.8 Å². The average molecular weight is 244 g/mol. The van der Waals surface area contributed by atoms with Gasteiger partial charge < -0.3 is 5.32 Å². The normalized spacial score (nSPS) is 10.9. The van der Waals surface area contributed by atoms with Crippen LogP contribution in [0.2, 0.25) is 0 Å². The molecule has 0 saturated carbocycles. The van der Waals surface area contributed by atoms with Crippen LogP contribution in [0.4, 0.5) is 0 Å². The molecule has 0 aromatic carbocycles. The predicted molar refractivity (Wildman–Crippen MR) is 73.0 cm³/mol. The standard InChI is InChI=1S/C14H20N4/c1-5-15-9-13-10(2)8-11(3)17-14(13)18-7-6-16-12(18)4/h6-8,15H,5,9H2,1-4H3. The van der Waals surface area contributed by atoms with Crippen LogP contribution in [0.15, 0.2) is 18.5 Å². The van der Waals surface area contributed by atoms with Crippen LogP contribution in [0.25, 0.3) is 5.82 Å². The summed E-state index contributed by atoms with van der Waals surface area (Å²) in [6, 6.07) is 2.13. The summed E-state index contributed by atoms with van der Waals surface area (Å²) in [7, 11) is 0. The molecule has 4 nitrogen and oxygen atoms in total. The molecule has 0 amide bonds. The molecule has 2 aromatic heterocycles. The SMILES string of the molecule is CCNCc1c(C)cc(C)nc1-n1ccnc1C. The van der Waals surface area contributed by atoms with Crippen molar-refractivity contribution >= 4 is 0 Å². The number of nitrogens with zero attached hydrogens (tertiary/aromatic N) is 3. The predicted octanol–water partition coefficient (Wildman–Crippen LogP) is 2.30. The van der Waals surface area contributed by atoms with Crippen molar-refractivity contribution in [3.63, 3.8) is 0 Å². The Bertz CT molecular complexity index is 543. The Morgan fingerprint density at radius 3 is 2.67 bits per heavy atom. The maximum atomic E-state index is 4.67. The van der Waals surface area contributed by atoms with Crippen molar-refractivity contribution in [2.45, 2.75) is 34.2 Å². The Kier molecular flexibility index (Phi) is 3.77. The van der Waals surface area contributed by atoms with Crippen molar-refractivity contribution in [1.82, 2.24) is 19.9 Å². The minimum absolute atomic E-state index is 0.836. The average Bonchev–Trinajstić information content (AvgIpc) is 2.73. The lowest BCUT2D eigenvalue weighted by Gasteiger charge is -2.15. The van der Waals surface area contributed by atoms with Gasteiger partial charge in [0.05, 0.1) is 0 Å². The highest BCUT2D eigenvalue weighted by Gasteiger charge is 2.11. The summed E-state index contributed by atoms with van der Waals surface area (Å²) in [5.74, 6) is 1.95. The molecule has 2 rings (SSSR count). The van der Waals surface area contributed by atoms with E-state index in [2.05, 4.69) is 35.2 Å². The summed E-state index contributed by atoms with van der Waals surface area (Å²) in [4.78, 5) is 8.95. The summed E-state index contributed by atoms with van der Waals surface area (Å²) in [5, 5.41) is 3.37. The molecule has 0 bridgehead atoms. The zero-order chi connectivity index (χ0) is 13.1. The van der Waals surface area contributed by atoms with Crippen LogP contribution in [-0.4, -0.2) is 21.1 Å². The number of nitrogens with one attached hydrogen (secondary N) is 1. The van der Waals surface area contributed by atoms with E-state index >= 15 is 0 Å². The Balaban J connectivity index is 2.53. The van der Waals surface area contributed by atoms with E-state index in [4.69, 9.17) is 0 Å². The highest BCUT2D eigenvalue weighted by Crippen LogP contribution is 2.19. The molecule has 0 aliphatic rings. The van der Waals surface area contributed by atoms with Gasteiger partial charge in [-0.15, -0.1) is 0 Å². The van der Waals surface area contributed by atoms with E-state index in [0.717, 1.165) is 30.4 Å². The first-order valence-electron chi connectivity index (χ1n) is 6.31. The second kappa shape index (κ2) is 5.31. The van der Waals surface area contributed by atoms with Crippen molar-refractivity contribution in [3.8, 4) is 5.82 Å². The van der Waals surface area contributed by atoms with E-state index in [1.807, 2.05) is 30.8 Å². The number of aromatic nitrogens is 3. The van der Waals surface area contributed by atoms with Crippen LogP contribution in [0.1, 0.15) is 29.6 Å². The number of hydrogen-bond donors (Lipinski definition) is 1. The van der Waals surface area contributed by atoms with E-state index < -0.39 is 0 Å². The molecule has 0 aliphatic heterocycles. The Hall–Kier alpha value is -1.68. The van der Waals surface area contributed by atoms with Crippen LogP contribution in [-0.2, 0) is 6.54 Å². The van der Waals surface area contributed by atoms with Crippen LogP contribution in [0.5, 0.6) is 0 Å². The fraction of sp³-hybridized carbons (Fsp3) is 0.429. The highest BCUT2D eigenvalue weighted by molar-refractivity contribution is 5.42. The first-order valence-corrected chi connectivity index (χ1v) is 6.31. The molecule has 0 spiro atoms. The first-order chi connectivity index (χ1) is 8.63. The number of rotatable bonds is 4. The third-order valence-electron chi connectivity index (χ3n) is 3.06. The topological polar surface area (TPSA) is 42.7 Å². The van der Waals surface area contributed by atoms with Gasteiger partial charge in [-0.25, -0.2) is 9.97 Å². The number of imidazole rings is 1. The van der Waals surface area contributed by atoms with Crippen molar-refractivity contribution in [1.29, 1.82) is 0 Å². The van der Waals surface area contributed by atoms with Gasteiger partial charge in [-0.3, -0.25) is 4.57 Å².